The van der Waals surface area contributed by atoms with E-state index in [1.807, 2.05) is 6.92 Å². The monoisotopic (exact) mass is 434 g/mol. The van der Waals surface area contributed by atoms with Crippen LogP contribution in [0, 0.1) is 11.2 Å². The van der Waals surface area contributed by atoms with Crippen LogP contribution in [0.15, 0.2) is 23.3 Å². The lowest BCUT2D eigenvalue weighted by atomic mass is 9.87. The molecule has 1 unspecified atom stereocenters. The van der Waals surface area contributed by atoms with Gasteiger partial charge >= 0.3 is 0 Å². The van der Waals surface area contributed by atoms with Gasteiger partial charge in [-0.15, -0.1) is 24.0 Å². The maximum atomic E-state index is 13.7. The molecule has 0 aromatic carbocycles. The van der Waals surface area contributed by atoms with Gasteiger partial charge in [-0.1, -0.05) is 0 Å². The number of ether oxygens (including phenoxy) is 1. The molecule has 5 nitrogen and oxygen atoms in total. The molecule has 0 aliphatic carbocycles. The molecule has 23 heavy (non-hydrogen) atoms. The maximum absolute atomic E-state index is 13.7. The molecule has 2 aliphatic heterocycles. The zero-order valence-corrected chi connectivity index (χ0v) is 15.8. The van der Waals surface area contributed by atoms with E-state index in [1.54, 1.807) is 12.3 Å². The van der Waals surface area contributed by atoms with Crippen molar-refractivity contribution in [1.29, 1.82) is 0 Å². The van der Waals surface area contributed by atoms with E-state index >= 15 is 0 Å². The van der Waals surface area contributed by atoms with Gasteiger partial charge in [-0.2, -0.15) is 0 Å². The Hall–Kier alpha value is -0.960. The van der Waals surface area contributed by atoms with Gasteiger partial charge in [0.25, 0.3) is 0 Å². The van der Waals surface area contributed by atoms with E-state index in [0.29, 0.717) is 5.69 Å². The lowest BCUT2D eigenvalue weighted by molar-refractivity contribution is 0.156. The summed E-state index contributed by atoms with van der Waals surface area (Å²) in [4.78, 5) is 10.9. The summed E-state index contributed by atoms with van der Waals surface area (Å²) in [6, 6.07) is 3.02. The second-order valence-electron chi connectivity index (χ2n) is 6.08. The summed E-state index contributed by atoms with van der Waals surface area (Å²) in [5.41, 5.74) is 0.669. The Labute approximate surface area is 153 Å². The molecule has 1 spiro atoms. The molecule has 0 radical (unpaired) electrons. The number of nitrogens with zero attached hydrogens (tertiary/aromatic N) is 3. The molecule has 0 amide bonds. The molecule has 1 aromatic rings. The average molecular weight is 434 g/mol. The number of nitrogens with one attached hydrogen (secondary N) is 1. The standard InChI is InChI=1S/C16H23FN4O.HI/c1-2-18-15(20-10-14-13(17)4-3-7-19-14)21-8-5-16(11-21)6-9-22-12-16;/h3-4,7H,2,5-6,8-12H2,1H3,(H,18,20);1H. The SMILES string of the molecule is CCNC(=NCc1ncccc1F)N1CCC2(CCOC2)C1.I. The first-order valence-corrected chi connectivity index (χ1v) is 7.93. The molecular weight excluding hydrogens is 410 g/mol. The first-order chi connectivity index (χ1) is 10.7. The third-order valence-electron chi connectivity index (χ3n) is 4.47. The minimum atomic E-state index is -0.302. The number of guanidine groups is 1. The summed E-state index contributed by atoms with van der Waals surface area (Å²) in [6.07, 6.45) is 3.86. The van der Waals surface area contributed by atoms with Crippen molar-refractivity contribution >= 4 is 29.9 Å². The van der Waals surface area contributed by atoms with Crippen LogP contribution in [0.3, 0.4) is 0 Å². The summed E-state index contributed by atoms with van der Waals surface area (Å²) in [6.45, 7) is 6.74. The smallest absolute Gasteiger partial charge is 0.194 e. The zero-order chi connectivity index (χ0) is 15.4. The summed E-state index contributed by atoms with van der Waals surface area (Å²) in [5.74, 6) is 0.542. The molecule has 128 valence electrons. The predicted octanol–water partition coefficient (Wildman–Crippen LogP) is 2.42. The molecule has 0 saturated carbocycles. The van der Waals surface area contributed by atoms with Crippen molar-refractivity contribution in [2.24, 2.45) is 10.4 Å². The van der Waals surface area contributed by atoms with Gasteiger partial charge in [-0.25, -0.2) is 9.38 Å². The minimum Gasteiger partial charge on any atom is -0.381 e. The van der Waals surface area contributed by atoms with Gasteiger partial charge in [-0.05, 0) is 31.9 Å². The Morgan fingerprint density at radius 2 is 2.39 bits per heavy atom. The average Bonchev–Trinajstić information content (AvgIpc) is 3.16. The molecule has 2 saturated heterocycles. The van der Waals surface area contributed by atoms with E-state index in [0.717, 1.165) is 51.6 Å². The van der Waals surface area contributed by atoms with Gasteiger partial charge in [0.1, 0.15) is 5.82 Å². The maximum Gasteiger partial charge on any atom is 0.194 e. The van der Waals surface area contributed by atoms with Crippen molar-refractivity contribution in [3.8, 4) is 0 Å². The van der Waals surface area contributed by atoms with E-state index in [4.69, 9.17) is 4.74 Å². The Morgan fingerprint density at radius 3 is 3.09 bits per heavy atom. The first kappa shape index (κ1) is 18.4. The molecule has 3 rings (SSSR count). The van der Waals surface area contributed by atoms with E-state index in [9.17, 15) is 4.39 Å². The number of halogens is 2. The molecule has 1 atom stereocenters. The van der Waals surface area contributed by atoms with Crippen LogP contribution in [0.1, 0.15) is 25.5 Å². The molecule has 3 heterocycles. The Bertz CT molecular complexity index is 549. The van der Waals surface area contributed by atoms with Crippen molar-refractivity contribution in [2.45, 2.75) is 26.3 Å². The summed E-state index contributed by atoms with van der Waals surface area (Å²) >= 11 is 0. The molecule has 0 bridgehead atoms. The quantitative estimate of drug-likeness (QED) is 0.451. The number of aromatic nitrogens is 1. The Balaban J connectivity index is 0.00000192. The number of rotatable bonds is 3. The van der Waals surface area contributed by atoms with E-state index in [-0.39, 0.29) is 41.8 Å². The van der Waals surface area contributed by atoms with Crippen molar-refractivity contribution in [2.75, 3.05) is 32.8 Å². The number of hydrogen-bond acceptors (Lipinski definition) is 3. The molecule has 2 fully saturated rings. The first-order valence-electron chi connectivity index (χ1n) is 7.93. The highest BCUT2D eigenvalue weighted by molar-refractivity contribution is 14.0. The van der Waals surface area contributed by atoms with Crippen molar-refractivity contribution < 1.29 is 9.13 Å². The molecule has 7 heteroatoms. The fraction of sp³-hybridized carbons (Fsp3) is 0.625. The van der Waals surface area contributed by atoms with Crippen LogP contribution in [0.2, 0.25) is 0 Å². The van der Waals surface area contributed by atoms with Crippen LogP contribution in [0.25, 0.3) is 0 Å². The highest BCUT2D eigenvalue weighted by Gasteiger charge is 2.42. The Morgan fingerprint density at radius 1 is 1.52 bits per heavy atom. The number of aliphatic imine (C=N–C) groups is 1. The Kier molecular flexibility index (Phi) is 6.58. The molecule has 2 aliphatic rings. The summed E-state index contributed by atoms with van der Waals surface area (Å²) in [5, 5.41) is 3.31. The second-order valence-corrected chi connectivity index (χ2v) is 6.08. The third-order valence-corrected chi connectivity index (χ3v) is 4.47. The predicted molar refractivity (Wildman–Crippen MR) is 98.5 cm³/mol. The van der Waals surface area contributed by atoms with E-state index in [1.165, 1.54) is 6.07 Å². The fourth-order valence-corrected chi connectivity index (χ4v) is 3.20. The largest absolute Gasteiger partial charge is 0.381 e. The topological polar surface area (TPSA) is 49.8 Å². The minimum absolute atomic E-state index is 0. The van der Waals surface area contributed by atoms with Crippen LogP contribution >= 0.6 is 24.0 Å². The normalized spacial score (nSPS) is 24.1. The lowest BCUT2D eigenvalue weighted by Crippen LogP contribution is -2.41. The highest BCUT2D eigenvalue weighted by Crippen LogP contribution is 2.38. The van der Waals surface area contributed by atoms with E-state index in [2.05, 4.69) is 20.2 Å². The summed E-state index contributed by atoms with van der Waals surface area (Å²) in [7, 11) is 0. The van der Waals surface area contributed by atoms with Crippen molar-refractivity contribution in [3.05, 3.63) is 29.8 Å². The van der Waals surface area contributed by atoms with Gasteiger partial charge in [-0.3, -0.25) is 4.98 Å². The third kappa shape index (κ3) is 4.32. The van der Waals surface area contributed by atoms with Crippen LogP contribution < -0.4 is 5.32 Å². The fourth-order valence-electron chi connectivity index (χ4n) is 3.20. The van der Waals surface area contributed by atoms with Gasteiger partial charge in [0.2, 0.25) is 0 Å². The van der Waals surface area contributed by atoms with Crippen LogP contribution in [0.4, 0.5) is 4.39 Å². The number of likely N-dealkylation sites (tertiary alicyclic amines) is 1. The molecule has 1 aromatic heterocycles. The van der Waals surface area contributed by atoms with Gasteiger partial charge in [0.15, 0.2) is 5.96 Å². The number of pyridine rings is 1. The van der Waals surface area contributed by atoms with Gasteiger partial charge in [0.05, 0.1) is 18.8 Å². The molecular formula is C16H24FIN4O. The van der Waals surface area contributed by atoms with Gasteiger partial charge < -0.3 is 15.0 Å². The second kappa shape index (κ2) is 8.23. The van der Waals surface area contributed by atoms with Crippen LogP contribution in [0.5, 0.6) is 0 Å². The lowest BCUT2D eigenvalue weighted by Gasteiger charge is -2.24. The van der Waals surface area contributed by atoms with E-state index < -0.39 is 0 Å². The van der Waals surface area contributed by atoms with Crippen LogP contribution in [-0.4, -0.2) is 48.7 Å². The zero-order valence-electron chi connectivity index (χ0n) is 13.4. The van der Waals surface area contributed by atoms with Crippen molar-refractivity contribution in [3.63, 3.8) is 0 Å². The number of hydrogen-bond donors (Lipinski definition) is 1. The summed E-state index contributed by atoms with van der Waals surface area (Å²) < 4.78 is 19.2. The highest BCUT2D eigenvalue weighted by atomic mass is 127. The van der Waals surface area contributed by atoms with Crippen LogP contribution in [-0.2, 0) is 11.3 Å². The van der Waals surface area contributed by atoms with Crippen molar-refractivity contribution in [1.82, 2.24) is 15.2 Å². The molecule has 1 N–H and O–H groups in total. The van der Waals surface area contributed by atoms with Gasteiger partial charge in [0, 0.05) is 37.9 Å².